The predicted molar refractivity (Wildman–Crippen MR) is 81.8 cm³/mol. The number of hydrogen-bond acceptors (Lipinski definition) is 4. The Labute approximate surface area is 121 Å². The lowest BCUT2D eigenvalue weighted by Gasteiger charge is -2.05. The molecule has 20 heavy (non-hydrogen) atoms. The summed E-state index contributed by atoms with van der Waals surface area (Å²) in [5.41, 5.74) is 11.0. The maximum atomic E-state index is 5.77. The number of rotatable bonds is 3. The van der Waals surface area contributed by atoms with Gasteiger partial charge in [0.25, 0.3) is 0 Å². The summed E-state index contributed by atoms with van der Waals surface area (Å²) in [5.74, 6) is 0. The number of imidazole rings is 1. The van der Waals surface area contributed by atoms with E-state index in [1.807, 2.05) is 25.1 Å². The van der Waals surface area contributed by atoms with Crippen molar-refractivity contribution in [2.75, 3.05) is 0 Å². The first-order valence-electron chi connectivity index (χ1n) is 6.46. The zero-order chi connectivity index (χ0) is 14.1. The Kier molecular flexibility index (Phi) is 3.46. The Bertz CT molecular complexity index is 764. The molecule has 0 radical (unpaired) electrons. The Balaban J connectivity index is 1.98. The number of aryl methyl sites for hydroxylation is 2. The van der Waals surface area contributed by atoms with E-state index in [4.69, 9.17) is 5.73 Å². The van der Waals surface area contributed by atoms with Crippen molar-refractivity contribution in [1.82, 2.24) is 15.0 Å². The van der Waals surface area contributed by atoms with Crippen molar-refractivity contribution >= 4 is 22.8 Å². The van der Waals surface area contributed by atoms with E-state index in [1.165, 1.54) is 17.3 Å². The Hall–Kier alpha value is -1.85. The molecule has 5 heteroatoms. The van der Waals surface area contributed by atoms with E-state index in [2.05, 4.69) is 34.0 Å². The summed E-state index contributed by atoms with van der Waals surface area (Å²) in [7, 11) is 0. The van der Waals surface area contributed by atoms with Gasteiger partial charge in [0.05, 0.1) is 11.0 Å². The van der Waals surface area contributed by atoms with Crippen LogP contribution in [0.4, 0.5) is 0 Å². The highest BCUT2D eigenvalue weighted by Crippen LogP contribution is 2.28. The fraction of sp³-hybridized carbons (Fsp3) is 0.200. The highest BCUT2D eigenvalue weighted by Gasteiger charge is 2.09. The molecular weight excluding hydrogens is 268 g/mol. The molecule has 0 bridgehead atoms. The molecule has 1 aromatic carbocycles. The summed E-state index contributed by atoms with van der Waals surface area (Å²) in [5, 5.41) is 1.77. The van der Waals surface area contributed by atoms with Crippen LogP contribution >= 0.6 is 11.8 Å². The van der Waals surface area contributed by atoms with Crippen molar-refractivity contribution in [3.8, 4) is 0 Å². The number of nitrogens with two attached hydrogens (primary N) is 1. The third-order valence-electron chi connectivity index (χ3n) is 3.11. The smallest absolute Gasteiger partial charge is 0.172 e. The molecule has 0 fully saturated rings. The van der Waals surface area contributed by atoms with Gasteiger partial charge in [0.2, 0.25) is 0 Å². The van der Waals surface area contributed by atoms with Gasteiger partial charge in [-0.15, -0.1) is 0 Å². The summed E-state index contributed by atoms with van der Waals surface area (Å²) in [4.78, 5) is 12.5. The maximum Gasteiger partial charge on any atom is 0.172 e. The van der Waals surface area contributed by atoms with Crippen LogP contribution in [0.3, 0.4) is 0 Å². The minimum Gasteiger partial charge on any atom is -0.333 e. The van der Waals surface area contributed by atoms with Crippen molar-refractivity contribution in [2.24, 2.45) is 5.73 Å². The highest BCUT2D eigenvalue weighted by atomic mass is 32.2. The molecule has 0 unspecified atom stereocenters. The molecule has 3 rings (SSSR count). The zero-order valence-electron chi connectivity index (χ0n) is 11.5. The second-order valence-electron chi connectivity index (χ2n) is 4.79. The highest BCUT2D eigenvalue weighted by molar-refractivity contribution is 7.99. The lowest BCUT2D eigenvalue weighted by molar-refractivity contribution is 0.935. The molecule has 0 aliphatic rings. The molecule has 0 atom stereocenters. The van der Waals surface area contributed by atoms with E-state index in [0.29, 0.717) is 6.54 Å². The molecule has 0 aliphatic heterocycles. The number of pyridine rings is 1. The van der Waals surface area contributed by atoms with Crippen LogP contribution in [0.15, 0.2) is 40.5 Å². The van der Waals surface area contributed by atoms with E-state index < -0.39 is 0 Å². The van der Waals surface area contributed by atoms with Crippen LogP contribution in [0.25, 0.3) is 11.0 Å². The standard InChI is InChI=1S/C15H16N4S/c1-9-3-6-12-13(7-9)19-15(18-12)20-14-11(8-16)5-4-10(2)17-14/h3-7H,8,16H2,1-2H3,(H,18,19). The second-order valence-corrected chi connectivity index (χ2v) is 5.76. The third kappa shape index (κ3) is 2.55. The Morgan fingerprint density at radius 1 is 1.15 bits per heavy atom. The van der Waals surface area contributed by atoms with Crippen molar-refractivity contribution in [3.05, 3.63) is 47.2 Å². The van der Waals surface area contributed by atoms with Gasteiger partial charge in [0.15, 0.2) is 5.16 Å². The Morgan fingerprint density at radius 2 is 2.00 bits per heavy atom. The van der Waals surface area contributed by atoms with Crippen molar-refractivity contribution in [3.63, 3.8) is 0 Å². The van der Waals surface area contributed by atoms with Gasteiger partial charge in [-0.05, 0) is 54.9 Å². The van der Waals surface area contributed by atoms with Gasteiger partial charge < -0.3 is 10.7 Å². The van der Waals surface area contributed by atoms with Crippen LogP contribution in [0.5, 0.6) is 0 Å². The topological polar surface area (TPSA) is 67.6 Å². The SMILES string of the molecule is Cc1ccc2nc(Sc3nc(C)ccc3CN)[nH]c2c1. The third-order valence-corrected chi connectivity index (χ3v) is 4.04. The van der Waals surface area contributed by atoms with Crippen molar-refractivity contribution in [1.29, 1.82) is 0 Å². The number of H-pyrrole nitrogens is 1. The number of fused-ring (bicyclic) bond motifs is 1. The molecule has 0 saturated carbocycles. The fourth-order valence-corrected chi connectivity index (χ4v) is 3.01. The lowest BCUT2D eigenvalue weighted by atomic mass is 10.2. The number of nitrogens with one attached hydrogen (secondary N) is 1. The molecule has 2 heterocycles. The summed E-state index contributed by atoms with van der Waals surface area (Å²) in [6.07, 6.45) is 0. The largest absolute Gasteiger partial charge is 0.333 e. The number of hydrogen-bond donors (Lipinski definition) is 2. The van der Waals surface area contributed by atoms with Gasteiger partial charge >= 0.3 is 0 Å². The molecule has 0 spiro atoms. The van der Waals surface area contributed by atoms with Gasteiger partial charge in [-0.3, -0.25) is 0 Å². The summed E-state index contributed by atoms with van der Waals surface area (Å²) in [6, 6.07) is 10.2. The number of aromatic nitrogens is 3. The van der Waals surface area contributed by atoms with Crippen molar-refractivity contribution in [2.45, 2.75) is 30.6 Å². The van der Waals surface area contributed by atoms with Crippen LogP contribution in [0.1, 0.15) is 16.8 Å². The minimum atomic E-state index is 0.481. The molecule has 4 nitrogen and oxygen atoms in total. The van der Waals surface area contributed by atoms with E-state index in [1.54, 1.807) is 0 Å². The van der Waals surface area contributed by atoms with E-state index in [0.717, 1.165) is 32.5 Å². The van der Waals surface area contributed by atoms with Gasteiger partial charge in [-0.1, -0.05) is 12.1 Å². The molecule has 3 aromatic rings. The molecule has 102 valence electrons. The second kappa shape index (κ2) is 5.26. The average molecular weight is 284 g/mol. The fourth-order valence-electron chi connectivity index (χ4n) is 2.05. The van der Waals surface area contributed by atoms with Crippen LogP contribution in [-0.2, 0) is 6.54 Å². The first-order chi connectivity index (χ1) is 9.65. The normalized spacial score (nSPS) is 11.2. The van der Waals surface area contributed by atoms with Crippen molar-refractivity contribution < 1.29 is 0 Å². The zero-order valence-corrected chi connectivity index (χ0v) is 12.3. The van der Waals surface area contributed by atoms with E-state index >= 15 is 0 Å². The lowest BCUT2D eigenvalue weighted by Crippen LogP contribution is -2.01. The molecule has 0 saturated heterocycles. The number of aromatic amines is 1. The van der Waals surface area contributed by atoms with Crippen LogP contribution in [-0.4, -0.2) is 15.0 Å². The quantitative estimate of drug-likeness (QED) is 0.775. The minimum absolute atomic E-state index is 0.481. The Morgan fingerprint density at radius 3 is 2.80 bits per heavy atom. The van der Waals surface area contributed by atoms with E-state index in [9.17, 15) is 0 Å². The molecule has 3 N–H and O–H groups in total. The van der Waals surface area contributed by atoms with Crippen LogP contribution < -0.4 is 5.73 Å². The van der Waals surface area contributed by atoms with Gasteiger partial charge in [-0.2, -0.15) is 0 Å². The first-order valence-corrected chi connectivity index (χ1v) is 7.28. The monoisotopic (exact) mass is 284 g/mol. The van der Waals surface area contributed by atoms with Crippen LogP contribution in [0.2, 0.25) is 0 Å². The maximum absolute atomic E-state index is 5.77. The average Bonchev–Trinajstić information content (AvgIpc) is 2.80. The van der Waals surface area contributed by atoms with Gasteiger partial charge in [-0.25, -0.2) is 9.97 Å². The molecule has 0 amide bonds. The van der Waals surface area contributed by atoms with Gasteiger partial charge in [0, 0.05) is 12.2 Å². The first kappa shape index (κ1) is 13.1. The van der Waals surface area contributed by atoms with E-state index in [-0.39, 0.29) is 0 Å². The number of nitrogens with zero attached hydrogens (tertiary/aromatic N) is 2. The molecule has 2 aromatic heterocycles. The number of benzene rings is 1. The van der Waals surface area contributed by atoms with Crippen LogP contribution in [0, 0.1) is 13.8 Å². The predicted octanol–water partition coefficient (Wildman–Crippen LogP) is 3.18. The summed E-state index contributed by atoms with van der Waals surface area (Å²) >= 11 is 1.53. The molecular formula is C15H16N4S. The molecule has 0 aliphatic carbocycles. The summed E-state index contributed by atoms with van der Waals surface area (Å²) in [6.45, 7) is 4.53. The summed E-state index contributed by atoms with van der Waals surface area (Å²) < 4.78 is 0. The van der Waals surface area contributed by atoms with Gasteiger partial charge in [0.1, 0.15) is 5.03 Å².